The monoisotopic (exact) mass is 446 g/mol. The van der Waals surface area contributed by atoms with Crippen LogP contribution in [0, 0.1) is 5.92 Å². The third-order valence-electron chi connectivity index (χ3n) is 8.02. The molecular weight excluding hydrogens is 396 g/mol. The van der Waals surface area contributed by atoms with Gasteiger partial charge in [0.25, 0.3) is 0 Å². The molecular formula is C33H50. The summed E-state index contributed by atoms with van der Waals surface area (Å²) in [5.74, 6) is 1.78. The maximum Gasteiger partial charge on any atom is -0.0162 e. The van der Waals surface area contributed by atoms with Crippen LogP contribution in [0.5, 0.6) is 0 Å². The summed E-state index contributed by atoms with van der Waals surface area (Å²) >= 11 is 0. The molecule has 1 aliphatic rings. The zero-order valence-electron chi connectivity index (χ0n) is 21.8. The smallest absolute Gasteiger partial charge is 0.0162 e. The molecule has 0 N–H and O–H groups in total. The molecule has 0 amide bonds. The van der Waals surface area contributed by atoms with Crippen LogP contribution in [0.2, 0.25) is 0 Å². The molecule has 0 atom stereocenters. The lowest BCUT2D eigenvalue weighted by Crippen LogP contribution is -2.13. The fourth-order valence-electron chi connectivity index (χ4n) is 5.81. The van der Waals surface area contributed by atoms with Crippen molar-refractivity contribution in [2.75, 3.05) is 0 Å². The van der Waals surface area contributed by atoms with Crippen molar-refractivity contribution in [1.29, 1.82) is 0 Å². The van der Waals surface area contributed by atoms with Gasteiger partial charge in [-0.05, 0) is 66.2 Å². The van der Waals surface area contributed by atoms with E-state index in [0.717, 1.165) is 11.8 Å². The van der Waals surface area contributed by atoms with Gasteiger partial charge in [-0.2, -0.15) is 0 Å². The Bertz CT molecular complexity index is 731. The Hall–Kier alpha value is -1.56. The molecule has 0 nitrogen and oxygen atoms in total. The number of rotatable bonds is 15. The highest BCUT2D eigenvalue weighted by Crippen LogP contribution is 2.38. The van der Waals surface area contributed by atoms with Crippen molar-refractivity contribution in [3.05, 3.63) is 59.7 Å². The molecule has 2 aromatic carbocycles. The summed E-state index contributed by atoms with van der Waals surface area (Å²) < 4.78 is 0. The van der Waals surface area contributed by atoms with Gasteiger partial charge in [0.2, 0.25) is 0 Å². The van der Waals surface area contributed by atoms with E-state index in [1.54, 1.807) is 5.56 Å². The van der Waals surface area contributed by atoms with E-state index in [4.69, 9.17) is 0 Å². The van der Waals surface area contributed by atoms with Gasteiger partial charge in [0.05, 0.1) is 0 Å². The summed E-state index contributed by atoms with van der Waals surface area (Å²) in [5.41, 5.74) is 5.73. The van der Waals surface area contributed by atoms with Gasteiger partial charge in [-0.25, -0.2) is 0 Å². The van der Waals surface area contributed by atoms with Gasteiger partial charge < -0.3 is 0 Å². The van der Waals surface area contributed by atoms with Gasteiger partial charge in [-0.1, -0.05) is 139 Å². The molecule has 0 heterocycles. The summed E-state index contributed by atoms with van der Waals surface area (Å²) in [4.78, 5) is 0. The maximum atomic E-state index is 2.41. The van der Waals surface area contributed by atoms with Crippen LogP contribution < -0.4 is 0 Å². The summed E-state index contributed by atoms with van der Waals surface area (Å²) in [7, 11) is 0. The molecule has 0 heteroatoms. The van der Waals surface area contributed by atoms with Gasteiger partial charge in [0.15, 0.2) is 0 Å². The first-order chi connectivity index (χ1) is 16.3. The molecule has 0 aliphatic heterocycles. The van der Waals surface area contributed by atoms with Crippen molar-refractivity contribution in [2.24, 2.45) is 5.92 Å². The van der Waals surface area contributed by atoms with Crippen molar-refractivity contribution in [2.45, 2.75) is 129 Å². The Morgan fingerprint density at radius 2 is 1.06 bits per heavy atom. The van der Waals surface area contributed by atoms with E-state index in [0.29, 0.717) is 0 Å². The van der Waals surface area contributed by atoms with Crippen molar-refractivity contribution in [3.63, 3.8) is 0 Å². The maximum absolute atomic E-state index is 2.41. The zero-order valence-corrected chi connectivity index (χ0v) is 21.8. The van der Waals surface area contributed by atoms with Gasteiger partial charge in [0.1, 0.15) is 0 Å². The molecule has 182 valence electrons. The van der Waals surface area contributed by atoms with Crippen molar-refractivity contribution in [3.8, 4) is 11.1 Å². The van der Waals surface area contributed by atoms with Crippen LogP contribution in [-0.2, 0) is 6.42 Å². The lowest BCUT2D eigenvalue weighted by molar-refractivity contribution is 0.302. The van der Waals surface area contributed by atoms with Gasteiger partial charge >= 0.3 is 0 Å². The molecule has 0 spiro atoms. The number of aryl methyl sites for hydroxylation is 1. The summed E-state index contributed by atoms with van der Waals surface area (Å²) in [5, 5.41) is 0. The highest BCUT2D eigenvalue weighted by molar-refractivity contribution is 5.64. The highest BCUT2D eigenvalue weighted by atomic mass is 14.3. The van der Waals surface area contributed by atoms with Crippen molar-refractivity contribution < 1.29 is 0 Å². The second-order valence-corrected chi connectivity index (χ2v) is 10.8. The van der Waals surface area contributed by atoms with Crippen molar-refractivity contribution >= 4 is 0 Å². The molecule has 0 bridgehead atoms. The van der Waals surface area contributed by atoms with Gasteiger partial charge in [-0.15, -0.1) is 0 Å². The minimum atomic E-state index is 0.787. The fraction of sp³-hybridized carbons (Fsp3) is 0.636. The van der Waals surface area contributed by atoms with E-state index in [1.807, 2.05) is 0 Å². The van der Waals surface area contributed by atoms with Crippen LogP contribution in [0.15, 0.2) is 48.5 Å². The minimum absolute atomic E-state index is 0.787. The van der Waals surface area contributed by atoms with E-state index in [2.05, 4.69) is 62.4 Å². The van der Waals surface area contributed by atoms with Crippen LogP contribution >= 0.6 is 0 Å². The second kappa shape index (κ2) is 15.4. The molecule has 3 rings (SSSR count). The topological polar surface area (TPSA) is 0 Å². The number of hydrogen-bond acceptors (Lipinski definition) is 0. The first-order valence-electron chi connectivity index (χ1n) is 14.5. The molecule has 1 aliphatic carbocycles. The Morgan fingerprint density at radius 1 is 0.545 bits per heavy atom. The molecule has 2 aromatic rings. The first-order valence-corrected chi connectivity index (χ1v) is 14.5. The third kappa shape index (κ3) is 9.30. The van der Waals surface area contributed by atoms with Crippen molar-refractivity contribution in [1.82, 2.24) is 0 Å². The second-order valence-electron chi connectivity index (χ2n) is 10.8. The lowest BCUT2D eigenvalue weighted by Gasteiger charge is -2.29. The molecule has 0 saturated heterocycles. The predicted molar refractivity (Wildman–Crippen MR) is 147 cm³/mol. The number of unbranched alkanes of at least 4 members (excludes halogenated alkanes) is 9. The average Bonchev–Trinajstić information content (AvgIpc) is 2.86. The Kier molecular flexibility index (Phi) is 12.1. The van der Waals surface area contributed by atoms with E-state index in [1.165, 1.54) is 126 Å². The Labute approximate surface area is 205 Å². The summed E-state index contributed by atoms with van der Waals surface area (Å²) in [6, 6.07) is 18.7. The fourth-order valence-corrected chi connectivity index (χ4v) is 5.81. The SMILES string of the molecule is CCCCCCCCCCCCC1CCC(c2ccc(-c3ccc(CCC)cc3)cc2)CC1. The zero-order chi connectivity index (χ0) is 23.1. The minimum Gasteiger partial charge on any atom is -0.0654 e. The van der Waals surface area contributed by atoms with Crippen LogP contribution in [0.4, 0.5) is 0 Å². The van der Waals surface area contributed by atoms with Crippen LogP contribution in [0.3, 0.4) is 0 Å². The quantitative estimate of drug-likeness (QED) is 0.239. The molecule has 1 saturated carbocycles. The molecule has 1 fully saturated rings. The molecule has 0 radical (unpaired) electrons. The molecule has 0 unspecified atom stereocenters. The highest BCUT2D eigenvalue weighted by Gasteiger charge is 2.22. The van der Waals surface area contributed by atoms with Crippen LogP contribution in [0.25, 0.3) is 11.1 Å². The predicted octanol–water partition coefficient (Wildman–Crippen LogP) is 10.9. The third-order valence-corrected chi connectivity index (χ3v) is 8.02. The Balaban J connectivity index is 1.30. The van der Waals surface area contributed by atoms with E-state index in [9.17, 15) is 0 Å². The summed E-state index contributed by atoms with van der Waals surface area (Å²) in [6.07, 6.45) is 24.1. The standard InChI is InChI=1S/C33H50/c1-3-5-6-7-8-9-10-11-12-13-15-29-18-22-31(23-19-29)33-26-24-32(25-27-33)30-20-16-28(14-4-2)17-21-30/h16-17,20-21,24-27,29,31H,3-15,18-19,22-23H2,1-2H3. The van der Waals surface area contributed by atoms with Gasteiger partial charge in [0, 0.05) is 0 Å². The largest absolute Gasteiger partial charge is 0.0654 e. The van der Waals surface area contributed by atoms with Crippen LogP contribution in [0.1, 0.15) is 134 Å². The lowest BCUT2D eigenvalue weighted by atomic mass is 9.77. The molecule has 33 heavy (non-hydrogen) atoms. The van der Waals surface area contributed by atoms with E-state index < -0.39 is 0 Å². The first kappa shape index (κ1) is 26.1. The summed E-state index contributed by atoms with van der Waals surface area (Å²) in [6.45, 7) is 4.55. The normalized spacial score (nSPS) is 18.5. The number of benzene rings is 2. The Morgan fingerprint density at radius 3 is 1.61 bits per heavy atom. The average molecular weight is 447 g/mol. The van der Waals surface area contributed by atoms with Crippen LogP contribution in [-0.4, -0.2) is 0 Å². The molecule has 0 aromatic heterocycles. The van der Waals surface area contributed by atoms with Gasteiger partial charge in [-0.3, -0.25) is 0 Å². The van der Waals surface area contributed by atoms with E-state index in [-0.39, 0.29) is 0 Å². The number of hydrogen-bond donors (Lipinski definition) is 0. The van der Waals surface area contributed by atoms with E-state index >= 15 is 0 Å².